The van der Waals surface area contributed by atoms with Crippen molar-refractivity contribution in [2.45, 2.75) is 32.7 Å². The van der Waals surface area contributed by atoms with Crippen LogP contribution in [0.5, 0.6) is 5.75 Å². The average Bonchev–Trinajstić information content (AvgIpc) is 2.96. The van der Waals surface area contributed by atoms with Crippen molar-refractivity contribution in [1.29, 1.82) is 0 Å². The van der Waals surface area contributed by atoms with E-state index in [0.717, 1.165) is 24.0 Å². The predicted octanol–water partition coefficient (Wildman–Crippen LogP) is 4.89. The van der Waals surface area contributed by atoms with E-state index < -0.39 is 0 Å². The minimum Gasteiger partial charge on any atom is -0.497 e. The number of likely N-dealkylation sites (tertiary alicyclic amines) is 1. The number of methoxy groups -OCH3 is 1. The molecule has 4 rings (SSSR count). The Bertz CT molecular complexity index is 1260. The Labute approximate surface area is 224 Å². The molecule has 1 heterocycles. The number of ether oxygens (including phenoxy) is 2. The lowest BCUT2D eigenvalue weighted by molar-refractivity contribution is -0.151. The molecule has 1 aliphatic rings. The van der Waals surface area contributed by atoms with Gasteiger partial charge in [0.05, 0.1) is 32.6 Å². The smallest absolute Gasteiger partial charge is 0.310 e. The van der Waals surface area contributed by atoms with Gasteiger partial charge in [-0.1, -0.05) is 48.5 Å². The average molecular weight is 515 g/mol. The van der Waals surface area contributed by atoms with Crippen LogP contribution in [0, 0.1) is 5.92 Å². The monoisotopic (exact) mass is 514 g/mol. The van der Waals surface area contributed by atoms with Crippen molar-refractivity contribution in [3.8, 4) is 5.75 Å². The second kappa shape index (κ2) is 12.9. The van der Waals surface area contributed by atoms with Gasteiger partial charge in [-0.15, -0.1) is 0 Å². The van der Waals surface area contributed by atoms with Crippen LogP contribution in [-0.2, 0) is 27.3 Å². The summed E-state index contributed by atoms with van der Waals surface area (Å²) in [6.07, 6.45) is 1.70. The van der Waals surface area contributed by atoms with Crippen LogP contribution in [0.4, 0.5) is 5.69 Å². The quantitative estimate of drug-likeness (QED) is 0.380. The summed E-state index contributed by atoms with van der Waals surface area (Å²) in [5.74, 6) is -0.104. The molecule has 0 bridgehead atoms. The number of piperidine rings is 1. The highest BCUT2D eigenvalue weighted by atomic mass is 16.5. The van der Waals surface area contributed by atoms with Gasteiger partial charge >= 0.3 is 5.97 Å². The van der Waals surface area contributed by atoms with Crippen LogP contribution in [0.2, 0.25) is 0 Å². The van der Waals surface area contributed by atoms with Crippen molar-refractivity contribution >= 4 is 23.5 Å². The van der Waals surface area contributed by atoms with E-state index in [1.807, 2.05) is 54.6 Å². The highest BCUT2D eigenvalue weighted by Gasteiger charge is 2.29. The van der Waals surface area contributed by atoms with Crippen molar-refractivity contribution in [2.75, 3.05) is 31.7 Å². The summed E-state index contributed by atoms with van der Waals surface area (Å²) in [6, 6.07) is 24.4. The second-order valence-electron chi connectivity index (χ2n) is 9.39. The van der Waals surface area contributed by atoms with Gasteiger partial charge in [-0.25, -0.2) is 0 Å². The predicted molar refractivity (Wildman–Crippen MR) is 146 cm³/mol. The third-order valence-electron chi connectivity index (χ3n) is 6.72. The Morgan fingerprint density at radius 1 is 0.947 bits per heavy atom. The molecule has 0 saturated carbocycles. The fourth-order valence-corrected chi connectivity index (χ4v) is 4.74. The Morgan fingerprint density at radius 3 is 2.47 bits per heavy atom. The van der Waals surface area contributed by atoms with Gasteiger partial charge < -0.3 is 19.3 Å². The summed E-state index contributed by atoms with van der Waals surface area (Å²) in [7, 11) is 1.57. The third-order valence-corrected chi connectivity index (χ3v) is 6.72. The van der Waals surface area contributed by atoms with E-state index in [-0.39, 0.29) is 30.1 Å². The molecule has 1 aliphatic heterocycles. The molecule has 3 aromatic carbocycles. The molecular formula is C31H34N2O5. The molecule has 0 N–H and O–H groups in total. The zero-order valence-electron chi connectivity index (χ0n) is 22.0. The van der Waals surface area contributed by atoms with Crippen molar-refractivity contribution in [1.82, 2.24) is 4.90 Å². The number of rotatable bonds is 9. The number of carbonyl (C=O) groups is 3. The largest absolute Gasteiger partial charge is 0.497 e. The van der Waals surface area contributed by atoms with E-state index in [2.05, 4.69) is 0 Å². The lowest BCUT2D eigenvalue weighted by atomic mass is 9.97. The number of benzene rings is 3. The van der Waals surface area contributed by atoms with Crippen LogP contribution in [-0.4, -0.2) is 49.5 Å². The zero-order valence-corrected chi connectivity index (χ0v) is 22.0. The van der Waals surface area contributed by atoms with Crippen LogP contribution < -0.4 is 9.64 Å². The van der Waals surface area contributed by atoms with Gasteiger partial charge in [0.15, 0.2) is 0 Å². The molecule has 0 spiro atoms. The third kappa shape index (κ3) is 6.79. The molecule has 3 aromatic rings. The summed E-state index contributed by atoms with van der Waals surface area (Å²) in [5, 5.41) is 0. The van der Waals surface area contributed by atoms with Gasteiger partial charge in [0.1, 0.15) is 5.75 Å². The molecule has 0 aromatic heterocycles. The van der Waals surface area contributed by atoms with E-state index in [9.17, 15) is 14.4 Å². The molecule has 7 nitrogen and oxygen atoms in total. The first kappa shape index (κ1) is 26.9. The lowest BCUT2D eigenvalue weighted by Crippen LogP contribution is -2.43. The number of hydrogen-bond acceptors (Lipinski definition) is 5. The van der Waals surface area contributed by atoms with Gasteiger partial charge in [0.2, 0.25) is 5.91 Å². The van der Waals surface area contributed by atoms with Crippen LogP contribution in [0.25, 0.3) is 0 Å². The SMILES string of the molecule is CCOC(=O)C1CCCN(C(=O)Cc2cccc(N(Cc3ccccc3)C(=O)c3cccc(OC)c3)c2)C1. The fourth-order valence-electron chi connectivity index (χ4n) is 4.74. The molecular weight excluding hydrogens is 480 g/mol. The minimum atomic E-state index is -0.277. The van der Waals surface area contributed by atoms with E-state index >= 15 is 0 Å². The van der Waals surface area contributed by atoms with Crippen LogP contribution >= 0.6 is 0 Å². The first-order valence-electron chi connectivity index (χ1n) is 13.0. The number of anilines is 1. The van der Waals surface area contributed by atoms with Gasteiger partial charge in [-0.2, -0.15) is 0 Å². The van der Waals surface area contributed by atoms with E-state index in [4.69, 9.17) is 9.47 Å². The lowest BCUT2D eigenvalue weighted by Gasteiger charge is -2.31. The molecule has 38 heavy (non-hydrogen) atoms. The summed E-state index contributed by atoms with van der Waals surface area (Å²) >= 11 is 0. The maximum atomic E-state index is 13.7. The maximum absolute atomic E-state index is 13.7. The van der Waals surface area contributed by atoms with E-state index in [1.165, 1.54) is 0 Å². The van der Waals surface area contributed by atoms with Gasteiger partial charge in [-0.05, 0) is 61.2 Å². The molecule has 198 valence electrons. The Hall–Kier alpha value is -4.13. The van der Waals surface area contributed by atoms with Crippen LogP contribution in [0.3, 0.4) is 0 Å². The van der Waals surface area contributed by atoms with Gasteiger partial charge in [0.25, 0.3) is 5.91 Å². The first-order valence-corrected chi connectivity index (χ1v) is 13.0. The van der Waals surface area contributed by atoms with E-state index in [0.29, 0.717) is 43.2 Å². The Kier molecular flexibility index (Phi) is 9.14. The van der Waals surface area contributed by atoms with Crippen LogP contribution in [0.1, 0.15) is 41.3 Å². The molecule has 0 aliphatic carbocycles. The fraction of sp³-hybridized carbons (Fsp3) is 0.323. The van der Waals surface area contributed by atoms with Gasteiger partial charge in [0, 0.05) is 24.3 Å². The summed E-state index contributed by atoms with van der Waals surface area (Å²) < 4.78 is 10.5. The summed E-state index contributed by atoms with van der Waals surface area (Å²) in [4.78, 5) is 42.6. The molecule has 2 amide bonds. The van der Waals surface area contributed by atoms with Crippen molar-refractivity contribution in [3.05, 3.63) is 95.6 Å². The molecule has 7 heteroatoms. The van der Waals surface area contributed by atoms with Crippen molar-refractivity contribution in [3.63, 3.8) is 0 Å². The first-order chi connectivity index (χ1) is 18.5. The number of esters is 1. The number of hydrogen-bond donors (Lipinski definition) is 0. The van der Waals surface area contributed by atoms with Crippen molar-refractivity contribution < 1.29 is 23.9 Å². The highest BCUT2D eigenvalue weighted by molar-refractivity contribution is 6.06. The summed E-state index contributed by atoms with van der Waals surface area (Å²) in [6.45, 7) is 3.51. The molecule has 0 radical (unpaired) electrons. The Morgan fingerprint density at radius 2 is 1.71 bits per heavy atom. The normalized spacial score (nSPS) is 15.0. The number of nitrogens with zero attached hydrogens (tertiary/aromatic N) is 2. The molecule has 1 unspecified atom stereocenters. The maximum Gasteiger partial charge on any atom is 0.310 e. The molecule has 1 atom stereocenters. The molecule has 1 saturated heterocycles. The number of amides is 2. The van der Waals surface area contributed by atoms with Gasteiger partial charge in [-0.3, -0.25) is 14.4 Å². The second-order valence-corrected chi connectivity index (χ2v) is 9.39. The standard InChI is InChI=1S/C31H34N2O5/c1-3-38-31(36)26-14-9-17-32(22-26)29(34)19-24-12-7-15-27(18-24)33(21-23-10-5-4-6-11-23)30(35)25-13-8-16-28(20-25)37-2/h4-8,10-13,15-16,18,20,26H,3,9,14,17,19,21-22H2,1-2H3. The highest BCUT2D eigenvalue weighted by Crippen LogP contribution is 2.25. The summed E-state index contributed by atoms with van der Waals surface area (Å²) in [5.41, 5.74) is 3.01. The van der Waals surface area contributed by atoms with Crippen LogP contribution in [0.15, 0.2) is 78.9 Å². The number of carbonyl (C=O) groups excluding carboxylic acids is 3. The van der Waals surface area contributed by atoms with E-state index in [1.54, 1.807) is 48.1 Å². The topological polar surface area (TPSA) is 76.2 Å². The minimum absolute atomic E-state index is 0.0371. The van der Waals surface area contributed by atoms with Crippen molar-refractivity contribution in [2.24, 2.45) is 5.92 Å². The zero-order chi connectivity index (χ0) is 26.9. The molecule has 1 fully saturated rings. The Balaban J connectivity index is 1.55.